The molecule has 0 aliphatic carbocycles. The second-order valence-electron chi connectivity index (χ2n) is 5.90. The van der Waals surface area contributed by atoms with Gasteiger partial charge in [-0.3, -0.25) is 4.79 Å². The minimum Gasteiger partial charge on any atom is -0.400 e. The van der Waals surface area contributed by atoms with E-state index in [1.807, 2.05) is 48.6 Å². The van der Waals surface area contributed by atoms with Gasteiger partial charge in [-0.15, -0.1) is 5.11 Å². The number of amides is 1. The van der Waals surface area contributed by atoms with Crippen LogP contribution in [-0.2, 0) is 9.63 Å². The lowest BCUT2D eigenvalue weighted by Crippen LogP contribution is -2.31. The fraction of sp³-hybridized carbons (Fsp3) is 0.0417. The molecule has 1 aliphatic heterocycles. The Kier molecular flexibility index (Phi) is 10.2. The largest absolute Gasteiger partial charge is 0.400 e. The van der Waals surface area contributed by atoms with Gasteiger partial charge in [0.25, 0.3) is 0 Å². The predicted molar refractivity (Wildman–Crippen MR) is 125 cm³/mol. The molecule has 0 bridgehead atoms. The van der Waals surface area contributed by atoms with Gasteiger partial charge < -0.3 is 15.7 Å². The third kappa shape index (κ3) is 7.77. The van der Waals surface area contributed by atoms with Gasteiger partial charge in [-0.05, 0) is 48.6 Å². The van der Waals surface area contributed by atoms with Crippen molar-refractivity contribution < 1.29 is 14.7 Å². The quantitative estimate of drug-likeness (QED) is 0.720. The van der Waals surface area contributed by atoms with Gasteiger partial charge in [0, 0.05) is 18.0 Å². The number of fused-ring (bicyclic) bond motifs is 2. The SMILES string of the molecule is CO.NC(=O)C1=CC=c2nc3ccccc3nc2=CC=CC=CC=CN=NOC=CC=C1. The highest BCUT2D eigenvalue weighted by Gasteiger charge is 1.99. The topological polar surface area (TPSA) is 123 Å². The molecular weight excluding hydrogens is 406 g/mol. The summed E-state index contributed by atoms with van der Waals surface area (Å²) in [5.74, 6) is -0.572. The second kappa shape index (κ2) is 13.7. The maximum atomic E-state index is 11.8. The summed E-state index contributed by atoms with van der Waals surface area (Å²) >= 11 is 0. The van der Waals surface area contributed by atoms with Crippen molar-refractivity contribution in [3.8, 4) is 0 Å². The Hall–Kier alpha value is -4.43. The van der Waals surface area contributed by atoms with E-state index in [-0.39, 0.29) is 0 Å². The van der Waals surface area contributed by atoms with E-state index >= 15 is 0 Å². The van der Waals surface area contributed by atoms with Gasteiger partial charge in [0.2, 0.25) is 5.91 Å². The monoisotopic (exact) mass is 429 g/mol. The number of rotatable bonds is 1. The first-order valence-electron chi connectivity index (χ1n) is 9.53. The number of benzene rings is 1. The highest BCUT2D eigenvalue weighted by atomic mass is 16.6. The lowest BCUT2D eigenvalue weighted by Gasteiger charge is -1.97. The number of aliphatic hydroxyl groups is 1. The first kappa shape index (κ1) is 23.8. The molecule has 32 heavy (non-hydrogen) atoms. The van der Waals surface area contributed by atoms with Crippen molar-refractivity contribution in [2.75, 3.05) is 7.11 Å². The van der Waals surface area contributed by atoms with Crippen LogP contribution >= 0.6 is 0 Å². The van der Waals surface area contributed by atoms with Crippen molar-refractivity contribution in [3.63, 3.8) is 0 Å². The Labute approximate surface area is 185 Å². The number of hydrogen-bond donors (Lipinski definition) is 2. The fourth-order valence-electron chi connectivity index (χ4n) is 2.41. The minimum absolute atomic E-state index is 0.293. The third-order valence-electron chi connectivity index (χ3n) is 3.80. The van der Waals surface area contributed by atoms with Crippen LogP contribution in [0.1, 0.15) is 0 Å². The summed E-state index contributed by atoms with van der Waals surface area (Å²) in [5, 5.41) is 15.5. The summed E-state index contributed by atoms with van der Waals surface area (Å²) in [6.45, 7) is 0. The lowest BCUT2D eigenvalue weighted by atomic mass is 10.2. The molecule has 0 saturated carbocycles. The molecule has 1 aromatic heterocycles. The highest BCUT2D eigenvalue weighted by molar-refractivity contribution is 5.96. The predicted octanol–water partition coefficient (Wildman–Crippen LogP) is 2.30. The Morgan fingerprint density at radius 1 is 0.844 bits per heavy atom. The molecule has 8 heteroatoms. The molecule has 2 heterocycles. The molecule has 1 aliphatic rings. The van der Waals surface area contributed by atoms with Gasteiger partial charge in [-0.25, -0.2) is 9.97 Å². The van der Waals surface area contributed by atoms with Crippen molar-refractivity contribution in [2.45, 2.75) is 0 Å². The standard InChI is InChI=1S/C23H19N5O2.CH4O/c24-23(29)18-10-7-9-17-30-28-25-16-8-3-1-2-4-11-21-22(15-14-18)27-20-13-6-5-12-19(20)26-21;1-2/h1-17H,(H2,24,29);2H,1H3. The minimum atomic E-state index is -0.572. The van der Waals surface area contributed by atoms with Gasteiger partial charge in [0.1, 0.15) is 6.26 Å². The summed E-state index contributed by atoms with van der Waals surface area (Å²) < 4.78 is 0. The van der Waals surface area contributed by atoms with Crippen LogP contribution in [0.3, 0.4) is 0 Å². The van der Waals surface area contributed by atoms with Crippen molar-refractivity contribution in [1.82, 2.24) is 9.97 Å². The third-order valence-corrected chi connectivity index (χ3v) is 3.80. The second-order valence-corrected chi connectivity index (χ2v) is 5.90. The summed E-state index contributed by atoms with van der Waals surface area (Å²) in [5.41, 5.74) is 7.30. The lowest BCUT2D eigenvalue weighted by molar-refractivity contribution is -0.114. The molecule has 3 N–H and O–H groups in total. The molecule has 1 amide bonds. The van der Waals surface area contributed by atoms with Crippen LogP contribution in [-0.4, -0.2) is 28.1 Å². The van der Waals surface area contributed by atoms with Gasteiger partial charge in [-0.1, -0.05) is 42.5 Å². The first-order chi connectivity index (χ1) is 15.7. The highest BCUT2D eigenvalue weighted by Crippen LogP contribution is 2.03. The number of aromatic nitrogens is 2. The average Bonchev–Trinajstić information content (AvgIpc) is 2.81. The van der Waals surface area contributed by atoms with Crippen LogP contribution in [0.2, 0.25) is 0 Å². The van der Waals surface area contributed by atoms with E-state index in [2.05, 4.69) is 20.4 Å². The van der Waals surface area contributed by atoms with Crippen LogP contribution < -0.4 is 16.4 Å². The average molecular weight is 429 g/mol. The Balaban J connectivity index is 0.00000176. The number of nitrogens with two attached hydrogens (primary N) is 1. The zero-order valence-electron chi connectivity index (χ0n) is 17.4. The Bertz CT molecular complexity index is 1250. The molecular formula is C24H23N5O3. The van der Waals surface area contributed by atoms with E-state index in [9.17, 15) is 4.79 Å². The van der Waals surface area contributed by atoms with E-state index < -0.39 is 5.91 Å². The number of primary amides is 1. The smallest absolute Gasteiger partial charge is 0.248 e. The van der Waals surface area contributed by atoms with E-state index in [1.54, 1.807) is 42.5 Å². The molecule has 2 aromatic rings. The van der Waals surface area contributed by atoms with E-state index in [0.717, 1.165) is 18.1 Å². The van der Waals surface area contributed by atoms with E-state index in [0.29, 0.717) is 16.3 Å². The number of para-hydroxylation sites is 2. The Morgan fingerprint density at radius 3 is 2.22 bits per heavy atom. The molecule has 0 unspecified atom stereocenters. The number of carbonyl (C=O) groups is 1. The van der Waals surface area contributed by atoms with Crippen LogP contribution in [0.5, 0.6) is 0 Å². The zero-order valence-corrected chi connectivity index (χ0v) is 17.4. The first-order valence-corrected chi connectivity index (χ1v) is 9.53. The molecule has 0 fully saturated rings. The normalized spacial score (nSPS) is 13.8. The molecule has 0 spiro atoms. The molecule has 0 radical (unpaired) electrons. The number of carbonyl (C=O) groups excluding carboxylic acids is 1. The molecule has 0 atom stereocenters. The van der Waals surface area contributed by atoms with Gasteiger partial charge in [0.05, 0.1) is 27.9 Å². The maximum absolute atomic E-state index is 11.8. The van der Waals surface area contributed by atoms with Crippen molar-refractivity contribution in [3.05, 3.63) is 108 Å². The number of nitrogens with zero attached hydrogens (tertiary/aromatic N) is 4. The van der Waals surface area contributed by atoms with Gasteiger partial charge >= 0.3 is 0 Å². The van der Waals surface area contributed by atoms with Crippen LogP contribution in [0.15, 0.2) is 107 Å². The van der Waals surface area contributed by atoms with Crippen LogP contribution in [0.25, 0.3) is 23.2 Å². The number of aliphatic hydroxyl groups excluding tert-OH is 1. The van der Waals surface area contributed by atoms with Gasteiger partial charge in [-0.2, -0.15) is 0 Å². The molecule has 0 saturated heterocycles. The van der Waals surface area contributed by atoms with Crippen molar-refractivity contribution in [1.29, 1.82) is 0 Å². The van der Waals surface area contributed by atoms with Crippen molar-refractivity contribution in [2.24, 2.45) is 16.1 Å². The summed E-state index contributed by atoms with van der Waals surface area (Å²) in [4.78, 5) is 25.9. The molecule has 162 valence electrons. The molecule has 1 aromatic carbocycles. The van der Waals surface area contributed by atoms with Gasteiger partial charge in [0.15, 0.2) is 0 Å². The van der Waals surface area contributed by atoms with E-state index in [4.69, 9.17) is 15.7 Å². The fourth-order valence-corrected chi connectivity index (χ4v) is 2.41. The zero-order chi connectivity index (χ0) is 23.0. The summed E-state index contributed by atoms with van der Waals surface area (Å²) in [7, 11) is 1.00. The summed E-state index contributed by atoms with van der Waals surface area (Å²) in [6.07, 6.45) is 21.8. The van der Waals surface area contributed by atoms with E-state index in [1.165, 1.54) is 12.5 Å². The van der Waals surface area contributed by atoms with Crippen molar-refractivity contribution >= 4 is 29.1 Å². The molecule has 8 nitrogen and oxygen atoms in total. The number of hydrogen-bond acceptors (Lipinski definition) is 7. The van der Waals surface area contributed by atoms with Crippen LogP contribution in [0, 0.1) is 0 Å². The summed E-state index contributed by atoms with van der Waals surface area (Å²) in [6, 6.07) is 7.59. The van der Waals surface area contributed by atoms with Crippen LogP contribution in [0.4, 0.5) is 0 Å². The maximum Gasteiger partial charge on any atom is 0.248 e. The molecule has 3 rings (SSSR count). The Morgan fingerprint density at radius 2 is 1.50 bits per heavy atom. The number of allylic oxidation sites excluding steroid dienone is 8.